The molecule has 1 aliphatic heterocycles. The fourth-order valence-electron chi connectivity index (χ4n) is 3.19. The molecule has 2 unspecified atom stereocenters. The third-order valence-corrected chi connectivity index (χ3v) is 4.91. The number of rotatable bonds is 3. The molecule has 0 spiro atoms. The Labute approximate surface area is 157 Å². The first kappa shape index (κ1) is 19.5. The summed E-state index contributed by atoms with van der Waals surface area (Å²) < 4.78 is 59.5. The Hall–Kier alpha value is -2.29. The highest BCUT2D eigenvalue weighted by Crippen LogP contribution is 2.40. The van der Waals surface area contributed by atoms with Crippen LogP contribution in [0.2, 0.25) is 5.15 Å². The number of nitrogens with zero attached hydrogens (tertiary/aromatic N) is 3. The van der Waals surface area contributed by atoms with Crippen LogP contribution < -0.4 is 15.2 Å². The molecule has 0 saturated heterocycles. The molecule has 2 heterocycles. The number of hydrogen-bond acceptors (Lipinski definition) is 4. The molecule has 27 heavy (non-hydrogen) atoms. The van der Waals surface area contributed by atoms with E-state index in [4.69, 9.17) is 16.3 Å². The van der Waals surface area contributed by atoms with E-state index in [0.29, 0.717) is 10.3 Å². The lowest BCUT2D eigenvalue weighted by molar-refractivity contribution is -0.171. The first-order valence-electron chi connectivity index (χ1n) is 8.10. The van der Waals surface area contributed by atoms with Gasteiger partial charge in [0.2, 0.25) is 11.8 Å². The Morgan fingerprint density at radius 2 is 1.93 bits per heavy atom. The third-order valence-electron chi connectivity index (χ3n) is 4.66. The van der Waals surface area contributed by atoms with Gasteiger partial charge in [0.15, 0.2) is 5.15 Å². The third kappa shape index (κ3) is 3.47. The molecule has 0 fully saturated rings. The van der Waals surface area contributed by atoms with E-state index in [0.717, 1.165) is 5.56 Å². The second-order valence-electron chi connectivity index (χ2n) is 6.18. The van der Waals surface area contributed by atoms with Crippen LogP contribution in [0.15, 0.2) is 29.1 Å². The molecule has 1 aromatic carbocycles. The summed E-state index contributed by atoms with van der Waals surface area (Å²) in [5, 5.41) is -0.749. The molecule has 2 atom stereocenters. The highest BCUT2D eigenvalue weighted by Gasteiger charge is 2.46. The molecule has 5 nitrogen and oxygen atoms in total. The summed E-state index contributed by atoms with van der Waals surface area (Å²) in [6.07, 6.45) is -5.12. The molecule has 146 valence electrons. The lowest BCUT2D eigenvalue weighted by atomic mass is 10.0. The van der Waals surface area contributed by atoms with Gasteiger partial charge in [-0.2, -0.15) is 22.5 Å². The smallest absolute Gasteiger partial charge is 0.409 e. The molecular formula is C17H16ClF4N3O2. The summed E-state index contributed by atoms with van der Waals surface area (Å²) in [5.74, 6) is -1.17. The van der Waals surface area contributed by atoms with E-state index in [9.17, 15) is 22.4 Å². The molecule has 1 aromatic heterocycles. The summed E-state index contributed by atoms with van der Waals surface area (Å²) in [6, 6.07) is 4.36. The monoisotopic (exact) mass is 405 g/mol. The number of ether oxygens (including phenoxy) is 1. The van der Waals surface area contributed by atoms with Crippen LogP contribution >= 0.6 is 11.6 Å². The molecule has 0 saturated carbocycles. The van der Waals surface area contributed by atoms with Crippen molar-refractivity contribution in [1.82, 2.24) is 9.55 Å². The van der Waals surface area contributed by atoms with Crippen molar-refractivity contribution in [3.8, 4) is 5.75 Å². The molecular weight excluding hydrogens is 390 g/mol. The van der Waals surface area contributed by atoms with Crippen LogP contribution in [0.3, 0.4) is 0 Å². The van der Waals surface area contributed by atoms with Crippen LogP contribution in [-0.2, 0) is 0 Å². The number of fused-ring (bicyclic) bond motifs is 1. The van der Waals surface area contributed by atoms with Gasteiger partial charge in [0.25, 0.3) is 5.56 Å². The zero-order chi connectivity index (χ0) is 19.9. The normalized spacial score (nSPS) is 18.2. The van der Waals surface area contributed by atoms with Crippen molar-refractivity contribution in [3.05, 3.63) is 51.2 Å². The zero-order valence-electron chi connectivity index (χ0n) is 14.4. The van der Waals surface area contributed by atoms with Gasteiger partial charge in [-0.3, -0.25) is 9.36 Å². The van der Waals surface area contributed by atoms with E-state index in [1.54, 1.807) is 31.2 Å². The van der Waals surface area contributed by atoms with Crippen molar-refractivity contribution in [1.29, 1.82) is 0 Å². The topological polar surface area (TPSA) is 47.4 Å². The molecule has 0 N–H and O–H groups in total. The van der Waals surface area contributed by atoms with Gasteiger partial charge in [-0.25, -0.2) is 0 Å². The quantitative estimate of drug-likeness (QED) is 0.569. The van der Waals surface area contributed by atoms with Gasteiger partial charge < -0.3 is 9.64 Å². The first-order chi connectivity index (χ1) is 12.6. The summed E-state index contributed by atoms with van der Waals surface area (Å²) in [5.41, 5.74) is -0.665. The predicted octanol–water partition coefficient (Wildman–Crippen LogP) is 4.12. The average Bonchev–Trinajstić information content (AvgIpc) is 2.64. The fourth-order valence-corrected chi connectivity index (χ4v) is 3.35. The van der Waals surface area contributed by atoms with Crippen molar-refractivity contribution in [2.24, 2.45) is 0 Å². The maximum Gasteiger partial charge on any atom is 0.409 e. The summed E-state index contributed by atoms with van der Waals surface area (Å²) in [7, 11) is 1.52. The Kier molecular flexibility index (Phi) is 5.07. The van der Waals surface area contributed by atoms with Crippen LogP contribution in [0.5, 0.6) is 5.75 Å². The van der Waals surface area contributed by atoms with Gasteiger partial charge in [-0.05, 0) is 31.0 Å². The highest BCUT2D eigenvalue weighted by atomic mass is 35.5. The minimum Gasteiger partial charge on any atom is -0.497 e. The lowest BCUT2D eigenvalue weighted by Gasteiger charge is -2.39. The van der Waals surface area contributed by atoms with E-state index >= 15 is 0 Å². The summed E-state index contributed by atoms with van der Waals surface area (Å²) in [4.78, 5) is 17.5. The highest BCUT2D eigenvalue weighted by molar-refractivity contribution is 6.29. The van der Waals surface area contributed by atoms with E-state index in [2.05, 4.69) is 4.98 Å². The number of hydrogen-bond donors (Lipinski definition) is 0. The molecule has 0 amide bonds. The number of halogens is 5. The minimum atomic E-state index is -4.71. The Morgan fingerprint density at radius 3 is 2.48 bits per heavy atom. The minimum absolute atomic E-state index is 0.0220. The average molecular weight is 406 g/mol. The van der Waals surface area contributed by atoms with Gasteiger partial charge >= 0.3 is 6.18 Å². The van der Waals surface area contributed by atoms with Gasteiger partial charge in [0.1, 0.15) is 11.8 Å². The maximum absolute atomic E-state index is 13.9. The van der Waals surface area contributed by atoms with Crippen molar-refractivity contribution in [3.63, 3.8) is 0 Å². The van der Waals surface area contributed by atoms with E-state index < -0.39 is 41.2 Å². The number of aromatic nitrogens is 2. The van der Waals surface area contributed by atoms with E-state index in [1.165, 1.54) is 12.0 Å². The van der Waals surface area contributed by atoms with E-state index in [1.807, 2.05) is 0 Å². The molecule has 1 aliphatic rings. The molecule has 2 aromatic rings. The van der Waals surface area contributed by atoms with Gasteiger partial charge in [0.05, 0.1) is 13.2 Å². The van der Waals surface area contributed by atoms with Crippen molar-refractivity contribution < 1.29 is 22.3 Å². The molecule has 3 rings (SSSR count). The van der Waals surface area contributed by atoms with Crippen LogP contribution in [0, 0.1) is 5.82 Å². The summed E-state index contributed by atoms with van der Waals surface area (Å²) in [6.45, 7) is 1.73. The lowest BCUT2D eigenvalue weighted by Crippen LogP contribution is -2.47. The van der Waals surface area contributed by atoms with Crippen molar-refractivity contribution in [2.45, 2.75) is 31.6 Å². The number of alkyl halides is 3. The van der Waals surface area contributed by atoms with Gasteiger partial charge in [-0.15, -0.1) is 0 Å². The van der Waals surface area contributed by atoms with Crippen LogP contribution in [-0.4, -0.2) is 29.4 Å². The molecule has 0 radical (unpaired) electrons. The second kappa shape index (κ2) is 7.03. The Bertz CT molecular complexity index is 899. The van der Waals surface area contributed by atoms with Crippen molar-refractivity contribution in [2.75, 3.05) is 18.6 Å². The van der Waals surface area contributed by atoms with E-state index in [-0.39, 0.29) is 12.5 Å². The molecule has 0 aliphatic carbocycles. The Morgan fingerprint density at radius 1 is 1.30 bits per heavy atom. The van der Waals surface area contributed by atoms with Gasteiger partial charge in [-0.1, -0.05) is 23.7 Å². The number of methoxy groups -OCH3 is 1. The van der Waals surface area contributed by atoms with Crippen LogP contribution in [0.1, 0.15) is 31.0 Å². The molecule has 10 heteroatoms. The standard InChI is InChI=1S/C17H16ClF4N3O2/c1-9(10-3-5-11(27-2)6-4-10)24-8-7-12(17(20,21)22)25-15(26)13(19)14(18)23-16(24)25/h3-6,9,12H,7-8H2,1-2H3. The number of anilines is 1. The van der Waals surface area contributed by atoms with Crippen LogP contribution in [0.4, 0.5) is 23.5 Å². The van der Waals surface area contributed by atoms with Crippen LogP contribution in [0.25, 0.3) is 0 Å². The van der Waals surface area contributed by atoms with Crippen molar-refractivity contribution >= 4 is 17.5 Å². The number of benzene rings is 1. The second-order valence-corrected chi connectivity index (χ2v) is 6.54. The largest absolute Gasteiger partial charge is 0.497 e. The SMILES string of the molecule is COc1ccc(C(C)N2CCC(C(F)(F)F)n3c2nc(Cl)c(F)c3=O)cc1. The Balaban J connectivity index is 2.10. The zero-order valence-corrected chi connectivity index (χ0v) is 15.2. The molecule has 0 bridgehead atoms. The predicted molar refractivity (Wildman–Crippen MR) is 91.9 cm³/mol. The summed E-state index contributed by atoms with van der Waals surface area (Å²) >= 11 is 5.64. The fraction of sp³-hybridized carbons (Fsp3) is 0.412. The first-order valence-corrected chi connectivity index (χ1v) is 8.47. The maximum atomic E-state index is 13.9. The van der Waals surface area contributed by atoms with Gasteiger partial charge in [0, 0.05) is 6.54 Å².